The maximum Gasteiger partial charge on any atom is 0.438 e. The van der Waals surface area contributed by atoms with Crippen LogP contribution in [0.15, 0.2) is 24.3 Å². The molecule has 0 amide bonds. The van der Waals surface area contributed by atoms with Crippen molar-refractivity contribution in [2.45, 2.75) is 18.0 Å². The van der Waals surface area contributed by atoms with Crippen LogP contribution in [-0.4, -0.2) is 36.7 Å². The van der Waals surface area contributed by atoms with Crippen LogP contribution in [-0.2, 0) is 10.1 Å². The number of para-hydroxylation sites is 1. The third kappa shape index (κ3) is 4.16. The van der Waals surface area contributed by atoms with Gasteiger partial charge >= 0.3 is 18.0 Å². The van der Waals surface area contributed by atoms with Crippen LogP contribution in [0.3, 0.4) is 0 Å². The molecule has 4 nitrogen and oxygen atoms in total. The van der Waals surface area contributed by atoms with E-state index in [0.717, 1.165) is 18.2 Å². The molecule has 12 heteroatoms. The predicted octanol–water partition coefficient (Wildman–Crippen LogP) is 3.08. The normalized spacial score (nSPS) is 14.0. The predicted molar refractivity (Wildman–Crippen MR) is 69.2 cm³/mol. The zero-order chi connectivity index (χ0) is 17.4. The third-order valence-electron chi connectivity index (χ3n) is 2.42. The van der Waals surface area contributed by atoms with E-state index in [4.69, 9.17) is 0 Å². The summed E-state index contributed by atoms with van der Waals surface area (Å²) in [4.78, 5) is 0. The molecule has 0 N–H and O–H groups in total. The molecule has 0 unspecified atom stereocenters. The number of ether oxygens (including phenoxy) is 1. The lowest BCUT2D eigenvalue weighted by Crippen LogP contribution is -2.64. The lowest BCUT2D eigenvalue weighted by atomic mass is 10.1. The minimum absolute atomic E-state index is 0.124. The first kappa shape index (κ1) is 19.3. The van der Waals surface area contributed by atoms with Crippen molar-refractivity contribution in [2.75, 3.05) is 5.75 Å². The van der Waals surface area contributed by atoms with E-state index in [-0.39, 0.29) is 3.57 Å². The maximum absolute atomic E-state index is 13.0. The van der Waals surface area contributed by atoms with Gasteiger partial charge in [-0.25, -0.2) is 8.42 Å². The molecular weight excluding hydrogens is 457 g/mol. The lowest BCUT2D eigenvalue weighted by Gasteiger charge is -2.37. The monoisotopic (exact) mass is 463 g/mol. The second-order valence-corrected chi connectivity index (χ2v) is 6.62. The summed E-state index contributed by atoms with van der Waals surface area (Å²) in [5.74, 6) is -3.67. The Morgan fingerprint density at radius 1 is 1.05 bits per heavy atom. The molecule has 0 atom stereocenters. The smallest absolute Gasteiger partial charge is 0.438 e. The highest BCUT2D eigenvalue weighted by Gasteiger charge is 2.74. The first-order chi connectivity index (χ1) is 9.70. The maximum atomic E-state index is 13.0. The molecule has 1 aromatic carbocycles. The van der Waals surface area contributed by atoms with Crippen LogP contribution in [0.1, 0.15) is 0 Å². The molecule has 0 aliphatic carbocycles. The average Bonchev–Trinajstić information content (AvgIpc) is 2.26. The Bertz CT molecular complexity index is 626. The highest BCUT2D eigenvalue weighted by atomic mass is 127. The van der Waals surface area contributed by atoms with Crippen molar-refractivity contribution < 1.29 is 44.0 Å². The topological polar surface area (TPSA) is 66.4 Å². The SMILES string of the molecule is O=S(=O)([O-])CC(Oc1ccccc1I)(C(F)(F)F)C(F)(F)F. The zero-order valence-electron chi connectivity index (χ0n) is 10.2. The first-order valence-electron chi connectivity index (χ1n) is 5.20. The Hall–Kier alpha value is -0.760. The largest absolute Gasteiger partial charge is 0.748 e. The van der Waals surface area contributed by atoms with E-state index in [1.54, 1.807) is 0 Å². The molecule has 0 radical (unpaired) electrons. The summed E-state index contributed by atoms with van der Waals surface area (Å²) in [6.45, 7) is 0. The number of halogens is 7. The van der Waals surface area contributed by atoms with Crippen LogP contribution in [0.4, 0.5) is 26.3 Å². The van der Waals surface area contributed by atoms with E-state index in [1.165, 1.54) is 28.7 Å². The van der Waals surface area contributed by atoms with Crippen LogP contribution in [0.5, 0.6) is 5.75 Å². The zero-order valence-corrected chi connectivity index (χ0v) is 13.2. The van der Waals surface area contributed by atoms with Gasteiger partial charge in [-0.2, -0.15) is 26.3 Å². The fraction of sp³-hybridized carbons (Fsp3) is 0.400. The van der Waals surface area contributed by atoms with Gasteiger partial charge in [0.2, 0.25) is 0 Å². The van der Waals surface area contributed by atoms with E-state index in [1.807, 2.05) is 0 Å². The van der Waals surface area contributed by atoms with Crippen LogP contribution in [0.2, 0.25) is 0 Å². The molecule has 0 saturated heterocycles. The quantitative estimate of drug-likeness (QED) is 0.391. The Kier molecular flexibility index (Phi) is 5.29. The summed E-state index contributed by atoms with van der Waals surface area (Å²) < 4.78 is 113. The van der Waals surface area contributed by atoms with Crippen molar-refractivity contribution in [3.63, 3.8) is 0 Å². The van der Waals surface area contributed by atoms with Crippen molar-refractivity contribution in [1.82, 2.24) is 0 Å². The molecule has 22 heavy (non-hydrogen) atoms. The third-order valence-corrected chi connectivity index (χ3v) is 4.07. The Labute approximate surface area is 134 Å². The van der Waals surface area contributed by atoms with Gasteiger partial charge in [-0.1, -0.05) is 12.1 Å². The average molecular weight is 463 g/mol. The minimum Gasteiger partial charge on any atom is -0.748 e. The molecular formula is C10H6F6IO4S-. The fourth-order valence-electron chi connectivity index (χ4n) is 1.43. The highest BCUT2D eigenvalue weighted by Crippen LogP contribution is 2.47. The van der Waals surface area contributed by atoms with E-state index in [0.29, 0.717) is 0 Å². The summed E-state index contributed by atoms with van der Waals surface area (Å²) in [7, 11) is -5.90. The first-order valence-corrected chi connectivity index (χ1v) is 7.86. The molecule has 0 aliphatic heterocycles. The van der Waals surface area contributed by atoms with Crippen LogP contribution in [0, 0.1) is 3.57 Å². The summed E-state index contributed by atoms with van der Waals surface area (Å²) in [6.07, 6.45) is -12.4. The van der Waals surface area contributed by atoms with Gasteiger partial charge in [0.1, 0.15) is 5.75 Å². The summed E-state index contributed by atoms with van der Waals surface area (Å²) in [5.41, 5.74) is -5.15. The van der Waals surface area contributed by atoms with Gasteiger partial charge in [0.05, 0.1) is 19.4 Å². The Balaban J connectivity index is 3.54. The fourth-order valence-corrected chi connectivity index (χ4v) is 2.82. The number of hydrogen-bond acceptors (Lipinski definition) is 4. The van der Waals surface area contributed by atoms with Crippen molar-refractivity contribution in [1.29, 1.82) is 0 Å². The van der Waals surface area contributed by atoms with Crippen molar-refractivity contribution in [2.24, 2.45) is 0 Å². The summed E-state index contributed by atoms with van der Waals surface area (Å²) in [5, 5.41) is 0. The van der Waals surface area contributed by atoms with Crippen LogP contribution >= 0.6 is 22.6 Å². The van der Waals surface area contributed by atoms with Gasteiger partial charge in [-0.15, -0.1) is 0 Å². The lowest BCUT2D eigenvalue weighted by molar-refractivity contribution is -0.348. The van der Waals surface area contributed by atoms with Crippen LogP contribution in [0.25, 0.3) is 0 Å². The number of benzene rings is 1. The molecule has 0 spiro atoms. The second kappa shape index (κ2) is 6.03. The molecule has 1 aromatic rings. The van der Waals surface area contributed by atoms with E-state index in [2.05, 4.69) is 4.74 Å². The second-order valence-electron chi connectivity index (χ2n) is 4.06. The summed E-state index contributed by atoms with van der Waals surface area (Å²) >= 11 is 1.41. The molecule has 0 fully saturated rings. The van der Waals surface area contributed by atoms with Gasteiger partial charge in [0, 0.05) is 0 Å². The van der Waals surface area contributed by atoms with Gasteiger partial charge in [-0.3, -0.25) is 0 Å². The highest BCUT2D eigenvalue weighted by molar-refractivity contribution is 14.1. The molecule has 1 rings (SSSR count). The molecule has 0 saturated carbocycles. The number of rotatable bonds is 4. The van der Waals surface area contributed by atoms with E-state index in [9.17, 15) is 39.3 Å². The summed E-state index contributed by atoms with van der Waals surface area (Å²) in [6, 6.07) is 4.37. The van der Waals surface area contributed by atoms with Crippen LogP contribution < -0.4 is 4.74 Å². The Morgan fingerprint density at radius 3 is 1.86 bits per heavy atom. The molecule has 0 bridgehead atoms. The molecule has 126 valence electrons. The Morgan fingerprint density at radius 2 is 1.50 bits per heavy atom. The van der Waals surface area contributed by atoms with Crippen molar-refractivity contribution in [3.8, 4) is 5.75 Å². The number of hydrogen-bond donors (Lipinski definition) is 0. The van der Waals surface area contributed by atoms with Gasteiger partial charge in [-0.05, 0) is 34.7 Å². The van der Waals surface area contributed by atoms with Gasteiger partial charge < -0.3 is 9.29 Å². The standard InChI is InChI=1S/C10H7F6IO4S/c11-9(12,13)8(10(14,15)16,5-22(18,19)20)21-7-4-2-1-3-6(7)17/h1-4H,5H2,(H,18,19,20)/p-1. The van der Waals surface area contributed by atoms with Crippen molar-refractivity contribution in [3.05, 3.63) is 27.8 Å². The van der Waals surface area contributed by atoms with Gasteiger partial charge in [0.15, 0.2) is 0 Å². The molecule has 0 aliphatic rings. The molecule has 0 aromatic heterocycles. The number of alkyl halides is 6. The van der Waals surface area contributed by atoms with Crippen molar-refractivity contribution >= 4 is 32.7 Å². The van der Waals surface area contributed by atoms with E-state index >= 15 is 0 Å². The van der Waals surface area contributed by atoms with Gasteiger partial charge in [0.25, 0.3) is 0 Å². The molecule has 0 heterocycles. The minimum atomic E-state index is -6.18. The van der Waals surface area contributed by atoms with E-state index < -0.39 is 39.6 Å².